The van der Waals surface area contributed by atoms with E-state index in [1.165, 1.54) is 0 Å². The minimum absolute atomic E-state index is 0. The van der Waals surface area contributed by atoms with Crippen LogP contribution in [0, 0.1) is 5.92 Å². The fourth-order valence-corrected chi connectivity index (χ4v) is 2.51. The van der Waals surface area contributed by atoms with Crippen molar-refractivity contribution in [1.29, 1.82) is 0 Å². The lowest BCUT2D eigenvalue weighted by atomic mass is 9.98. The van der Waals surface area contributed by atoms with Crippen molar-refractivity contribution in [1.82, 2.24) is 10.6 Å². The highest BCUT2D eigenvalue weighted by Gasteiger charge is 2.23. The molecule has 2 unspecified atom stereocenters. The lowest BCUT2D eigenvalue weighted by molar-refractivity contribution is -0.126. The molecule has 112 valence electrons. The largest absolute Gasteiger partial charge is 0.496 e. The van der Waals surface area contributed by atoms with Gasteiger partial charge >= 0.3 is 0 Å². The summed E-state index contributed by atoms with van der Waals surface area (Å²) < 4.78 is 5.33. The Morgan fingerprint density at radius 3 is 2.85 bits per heavy atom. The van der Waals surface area contributed by atoms with Crippen LogP contribution in [-0.4, -0.2) is 26.1 Å². The van der Waals surface area contributed by atoms with Gasteiger partial charge in [0.15, 0.2) is 0 Å². The Morgan fingerprint density at radius 2 is 2.20 bits per heavy atom. The van der Waals surface area contributed by atoms with E-state index in [2.05, 4.69) is 10.6 Å². The van der Waals surface area contributed by atoms with Crippen molar-refractivity contribution >= 4 is 18.3 Å². The van der Waals surface area contributed by atoms with Crippen molar-refractivity contribution in [2.75, 3.05) is 20.2 Å². The van der Waals surface area contributed by atoms with E-state index in [1.54, 1.807) is 7.11 Å². The van der Waals surface area contributed by atoms with Gasteiger partial charge in [0.25, 0.3) is 0 Å². The number of piperidine rings is 1. The average molecular weight is 299 g/mol. The summed E-state index contributed by atoms with van der Waals surface area (Å²) >= 11 is 0. The molecule has 1 saturated heterocycles. The van der Waals surface area contributed by atoms with Crippen molar-refractivity contribution in [3.05, 3.63) is 29.8 Å². The molecule has 2 N–H and O–H groups in total. The predicted octanol–water partition coefficient (Wildman–Crippen LogP) is 2.29. The van der Waals surface area contributed by atoms with Crippen molar-refractivity contribution in [3.63, 3.8) is 0 Å². The van der Waals surface area contributed by atoms with E-state index in [0.29, 0.717) is 0 Å². The van der Waals surface area contributed by atoms with Gasteiger partial charge in [0.1, 0.15) is 5.75 Å². The number of amides is 1. The first-order valence-corrected chi connectivity index (χ1v) is 6.86. The van der Waals surface area contributed by atoms with E-state index in [1.807, 2.05) is 31.2 Å². The number of ether oxygens (including phenoxy) is 1. The zero-order valence-corrected chi connectivity index (χ0v) is 12.8. The third-order valence-electron chi connectivity index (χ3n) is 3.63. The summed E-state index contributed by atoms with van der Waals surface area (Å²) in [6.07, 6.45) is 2.04. The summed E-state index contributed by atoms with van der Waals surface area (Å²) in [7, 11) is 1.65. The molecule has 1 aliphatic heterocycles. The lowest BCUT2D eigenvalue weighted by Gasteiger charge is -2.24. The highest BCUT2D eigenvalue weighted by molar-refractivity contribution is 5.85. The van der Waals surface area contributed by atoms with Crippen LogP contribution in [0.1, 0.15) is 31.4 Å². The van der Waals surface area contributed by atoms with Crippen LogP contribution < -0.4 is 15.4 Å². The molecular formula is C15H23ClN2O2. The highest BCUT2D eigenvalue weighted by atomic mass is 35.5. The molecule has 1 aromatic carbocycles. The number of para-hydroxylation sites is 1. The monoisotopic (exact) mass is 298 g/mol. The summed E-state index contributed by atoms with van der Waals surface area (Å²) in [6.45, 7) is 3.79. The standard InChI is InChI=1S/C15H22N2O2.ClH/c1-11(13-7-3-4-8-14(13)19-2)17-15(18)12-6-5-9-16-10-12;/h3-4,7-8,11-12,16H,5-6,9-10H2,1-2H3,(H,17,18);1H. The summed E-state index contributed by atoms with van der Waals surface area (Å²) in [4.78, 5) is 12.2. The molecule has 1 heterocycles. The average Bonchev–Trinajstić information content (AvgIpc) is 2.48. The molecule has 0 radical (unpaired) electrons. The van der Waals surface area contributed by atoms with Crippen LogP contribution in [0.15, 0.2) is 24.3 Å². The molecule has 0 aliphatic carbocycles. The van der Waals surface area contributed by atoms with Gasteiger partial charge in [-0.3, -0.25) is 4.79 Å². The SMILES string of the molecule is COc1ccccc1C(C)NC(=O)C1CCCNC1.Cl. The number of nitrogens with one attached hydrogen (secondary N) is 2. The van der Waals surface area contributed by atoms with Gasteiger partial charge in [-0.05, 0) is 32.4 Å². The Morgan fingerprint density at radius 1 is 1.45 bits per heavy atom. The van der Waals surface area contributed by atoms with Gasteiger partial charge in [0.2, 0.25) is 5.91 Å². The molecule has 2 atom stereocenters. The van der Waals surface area contributed by atoms with Crippen LogP contribution in [0.5, 0.6) is 5.75 Å². The third kappa shape index (κ3) is 4.12. The van der Waals surface area contributed by atoms with Crippen molar-refractivity contribution in [3.8, 4) is 5.75 Å². The number of rotatable bonds is 4. The molecule has 1 aliphatic rings. The van der Waals surface area contributed by atoms with Crippen molar-refractivity contribution in [2.24, 2.45) is 5.92 Å². The molecule has 20 heavy (non-hydrogen) atoms. The summed E-state index contributed by atoms with van der Waals surface area (Å²) in [6, 6.07) is 7.76. The molecule has 2 rings (SSSR count). The third-order valence-corrected chi connectivity index (χ3v) is 3.63. The number of carbonyl (C=O) groups excluding carboxylic acids is 1. The quantitative estimate of drug-likeness (QED) is 0.897. The molecule has 1 aromatic rings. The zero-order chi connectivity index (χ0) is 13.7. The first-order chi connectivity index (χ1) is 9.22. The van der Waals surface area contributed by atoms with E-state index in [4.69, 9.17) is 4.74 Å². The Balaban J connectivity index is 0.00000200. The summed E-state index contributed by atoms with van der Waals surface area (Å²) in [5.74, 6) is 1.04. The fourth-order valence-electron chi connectivity index (χ4n) is 2.51. The second-order valence-corrected chi connectivity index (χ2v) is 5.02. The van der Waals surface area contributed by atoms with E-state index >= 15 is 0 Å². The Kier molecular flexibility index (Phi) is 6.82. The Bertz CT molecular complexity index is 434. The van der Waals surface area contributed by atoms with Crippen LogP contribution in [-0.2, 0) is 4.79 Å². The maximum Gasteiger partial charge on any atom is 0.224 e. The number of halogens is 1. The van der Waals surface area contributed by atoms with Gasteiger partial charge in [-0.25, -0.2) is 0 Å². The Hall–Kier alpha value is -1.26. The summed E-state index contributed by atoms with van der Waals surface area (Å²) in [5, 5.41) is 6.35. The number of benzene rings is 1. The van der Waals surface area contributed by atoms with Crippen molar-refractivity contribution in [2.45, 2.75) is 25.8 Å². The minimum atomic E-state index is -0.0365. The highest BCUT2D eigenvalue weighted by Crippen LogP contribution is 2.24. The first kappa shape index (κ1) is 16.8. The number of hydrogen-bond donors (Lipinski definition) is 2. The molecule has 0 saturated carbocycles. The van der Waals surface area contributed by atoms with E-state index < -0.39 is 0 Å². The maximum absolute atomic E-state index is 12.2. The second kappa shape index (κ2) is 8.12. The molecule has 0 aromatic heterocycles. The molecule has 1 fully saturated rings. The van der Waals surface area contributed by atoms with E-state index in [-0.39, 0.29) is 30.3 Å². The second-order valence-electron chi connectivity index (χ2n) is 5.02. The van der Waals surface area contributed by atoms with Gasteiger partial charge in [-0.15, -0.1) is 12.4 Å². The van der Waals surface area contributed by atoms with Crippen molar-refractivity contribution < 1.29 is 9.53 Å². The Labute approximate surface area is 126 Å². The van der Waals surface area contributed by atoms with Crippen LogP contribution in [0.25, 0.3) is 0 Å². The smallest absolute Gasteiger partial charge is 0.224 e. The fraction of sp³-hybridized carbons (Fsp3) is 0.533. The van der Waals surface area contributed by atoms with E-state index in [9.17, 15) is 4.79 Å². The first-order valence-electron chi connectivity index (χ1n) is 6.86. The number of hydrogen-bond acceptors (Lipinski definition) is 3. The van der Waals surface area contributed by atoms with Crippen LogP contribution in [0.2, 0.25) is 0 Å². The van der Waals surface area contributed by atoms with Gasteiger partial charge in [-0.2, -0.15) is 0 Å². The van der Waals surface area contributed by atoms with Gasteiger partial charge in [-0.1, -0.05) is 18.2 Å². The molecule has 5 heteroatoms. The van der Waals surface area contributed by atoms with Crippen LogP contribution >= 0.6 is 12.4 Å². The van der Waals surface area contributed by atoms with Gasteiger partial charge in [0.05, 0.1) is 19.1 Å². The normalized spacial score (nSPS) is 19.6. The molecular weight excluding hydrogens is 276 g/mol. The van der Waals surface area contributed by atoms with Gasteiger partial charge in [0, 0.05) is 12.1 Å². The molecule has 0 spiro atoms. The minimum Gasteiger partial charge on any atom is -0.496 e. The van der Waals surface area contributed by atoms with Crippen LogP contribution in [0.3, 0.4) is 0 Å². The van der Waals surface area contributed by atoms with E-state index in [0.717, 1.165) is 37.2 Å². The maximum atomic E-state index is 12.2. The molecule has 0 bridgehead atoms. The molecule has 4 nitrogen and oxygen atoms in total. The lowest BCUT2D eigenvalue weighted by Crippen LogP contribution is -2.41. The number of carbonyl (C=O) groups is 1. The molecule has 1 amide bonds. The topological polar surface area (TPSA) is 50.4 Å². The van der Waals surface area contributed by atoms with Gasteiger partial charge < -0.3 is 15.4 Å². The zero-order valence-electron chi connectivity index (χ0n) is 12.0. The predicted molar refractivity (Wildman–Crippen MR) is 82.4 cm³/mol. The summed E-state index contributed by atoms with van der Waals surface area (Å²) in [5.41, 5.74) is 1.02. The number of methoxy groups -OCH3 is 1. The van der Waals surface area contributed by atoms with Crippen LogP contribution in [0.4, 0.5) is 0 Å².